The number of aromatic amines is 1. The summed E-state index contributed by atoms with van der Waals surface area (Å²) in [5.41, 5.74) is 0.850. The van der Waals surface area contributed by atoms with Crippen LogP contribution in [0.3, 0.4) is 0 Å². The lowest BCUT2D eigenvalue weighted by atomic mass is 10.2. The molecule has 0 bridgehead atoms. The van der Waals surface area contributed by atoms with Gasteiger partial charge in [0.2, 0.25) is 0 Å². The van der Waals surface area contributed by atoms with E-state index in [2.05, 4.69) is 10.2 Å². The van der Waals surface area contributed by atoms with E-state index in [-0.39, 0.29) is 18.6 Å². The van der Waals surface area contributed by atoms with Crippen LogP contribution in [0.1, 0.15) is 16.6 Å². The molecule has 22 heavy (non-hydrogen) atoms. The maximum atomic E-state index is 12.6. The van der Waals surface area contributed by atoms with Crippen molar-refractivity contribution in [3.8, 4) is 10.6 Å². The molecule has 116 valence electrons. The number of carboxylic acids is 1. The normalized spacial score (nSPS) is 21.8. The standard InChI is InChI=1S/C14H15N3O4S/c1-8-6-17(7-10(21-8)14(19)20)13(18)12-3-2-11(22-12)9-4-5-15-16-9/h2-5,8,10H,6-7H2,1H3,(H,15,16)(H,19,20)/t8-,10+/m1/s1. The first-order valence-electron chi connectivity index (χ1n) is 6.81. The van der Waals surface area contributed by atoms with Crippen molar-refractivity contribution in [2.75, 3.05) is 13.1 Å². The summed E-state index contributed by atoms with van der Waals surface area (Å²) in [4.78, 5) is 26.7. The van der Waals surface area contributed by atoms with Crippen molar-refractivity contribution in [2.24, 2.45) is 0 Å². The minimum Gasteiger partial charge on any atom is -0.479 e. The Hall–Kier alpha value is -2.19. The van der Waals surface area contributed by atoms with Crippen molar-refractivity contribution in [1.82, 2.24) is 15.1 Å². The maximum Gasteiger partial charge on any atom is 0.334 e. The summed E-state index contributed by atoms with van der Waals surface area (Å²) in [5, 5.41) is 15.8. The van der Waals surface area contributed by atoms with Gasteiger partial charge in [-0.1, -0.05) is 0 Å². The van der Waals surface area contributed by atoms with Crippen LogP contribution in [0.15, 0.2) is 24.4 Å². The average Bonchev–Trinajstić information content (AvgIpc) is 3.16. The fraction of sp³-hybridized carbons (Fsp3) is 0.357. The molecule has 2 N–H and O–H groups in total. The molecule has 8 heteroatoms. The zero-order chi connectivity index (χ0) is 15.7. The monoisotopic (exact) mass is 321 g/mol. The second-order valence-corrected chi connectivity index (χ2v) is 6.20. The van der Waals surface area contributed by atoms with Crippen LogP contribution in [0.5, 0.6) is 0 Å². The number of rotatable bonds is 3. The molecular weight excluding hydrogens is 306 g/mol. The lowest BCUT2D eigenvalue weighted by Gasteiger charge is -2.34. The van der Waals surface area contributed by atoms with E-state index in [9.17, 15) is 9.59 Å². The number of aromatic nitrogens is 2. The molecule has 0 radical (unpaired) electrons. The van der Waals surface area contributed by atoms with E-state index in [0.29, 0.717) is 11.4 Å². The number of hydrogen-bond donors (Lipinski definition) is 2. The molecule has 0 spiro atoms. The lowest BCUT2D eigenvalue weighted by molar-refractivity contribution is -0.160. The van der Waals surface area contributed by atoms with E-state index >= 15 is 0 Å². The maximum absolute atomic E-state index is 12.6. The smallest absolute Gasteiger partial charge is 0.334 e. The largest absolute Gasteiger partial charge is 0.479 e. The van der Waals surface area contributed by atoms with Crippen LogP contribution in [0.4, 0.5) is 0 Å². The van der Waals surface area contributed by atoms with Crippen molar-refractivity contribution < 1.29 is 19.4 Å². The van der Waals surface area contributed by atoms with Gasteiger partial charge in [0.15, 0.2) is 6.10 Å². The molecule has 1 fully saturated rings. The highest BCUT2D eigenvalue weighted by molar-refractivity contribution is 7.17. The van der Waals surface area contributed by atoms with Gasteiger partial charge in [0.1, 0.15) is 0 Å². The number of ether oxygens (including phenoxy) is 1. The molecule has 2 aromatic heterocycles. The molecule has 1 saturated heterocycles. The molecule has 1 aliphatic heterocycles. The van der Waals surface area contributed by atoms with E-state index in [0.717, 1.165) is 10.6 Å². The van der Waals surface area contributed by atoms with Crippen LogP contribution in [0.25, 0.3) is 10.6 Å². The number of hydrogen-bond acceptors (Lipinski definition) is 5. The van der Waals surface area contributed by atoms with Gasteiger partial charge < -0.3 is 14.7 Å². The number of amides is 1. The highest BCUT2D eigenvalue weighted by Crippen LogP contribution is 2.27. The van der Waals surface area contributed by atoms with Crippen LogP contribution in [-0.2, 0) is 9.53 Å². The number of morpholine rings is 1. The van der Waals surface area contributed by atoms with Gasteiger partial charge in [-0.05, 0) is 25.1 Å². The third-order valence-electron chi connectivity index (χ3n) is 3.41. The number of nitrogens with zero attached hydrogens (tertiary/aromatic N) is 2. The van der Waals surface area contributed by atoms with Gasteiger partial charge in [-0.15, -0.1) is 11.3 Å². The molecule has 0 saturated carbocycles. The zero-order valence-corrected chi connectivity index (χ0v) is 12.7. The summed E-state index contributed by atoms with van der Waals surface area (Å²) >= 11 is 1.35. The van der Waals surface area contributed by atoms with E-state index < -0.39 is 12.1 Å². The number of carbonyl (C=O) groups is 2. The molecule has 3 heterocycles. The summed E-state index contributed by atoms with van der Waals surface area (Å²) in [6.45, 7) is 2.22. The highest BCUT2D eigenvalue weighted by Gasteiger charge is 2.33. The van der Waals surface area contributed by atoms with Crippen LogP contribution >= 0.6 is 11.3 Å². The summed E-state index contributed by atoms with van der Waals surface area (Å²) in [6.07, 6.45) is 0.378. The Bertz CT molecular complexity index is 682. The van der Waals surface area contributed by atoms with Crippen LogP contribution < -0.4 is 0 Å². The quantitative estimate of drug-likeness (QED) is 0.892. The van der Waals surface area contributed by atoms with Crippen LogP contribution in [0, 0.1) is 0 Å². The molecule has 3 rings (SSSR count). The Morgan fingerprint density at radius 3 is 2.91 bits per heavy atom. The number of carboxylic acid groups (broad SMARTS) is 1. The summed E-state index contributed by atoms with van der Waals surface area (Å²) in [6, 6.07) is 5.43. The van der Waals surface area contributed by atoms with Gasteiger partial charge in [-0.2, -0.15) is 5.10 Å². The minimum absolute atomic E-state index is 0.0653. The van der Waals surface area contributed by atoms with Crippen molar-refractivity contribution >= 4 is 23.2 Å². The van der Waals surface area contributed by atoms with Gasteiger partial charge in [0.05, 0.1) is 28.1 Å². The summed E-state index contributed by atoms with van der Waals surface area (Å²) in [5.74, 6) is -1.22. The first kappa shape index (κ1) is 14.7. The van der Waals surface area contributed by atoms with Gasteiger partial charge in [-0.3, -0.25) is 9.89 Å². The average molecular weight is 321 g/mol. The van der Waals surface area contributed by atoms with Crippen LogP contribution in [0.2, 0.25) is 0 Å². The van der Waals surface area contributed by atoms with Gasteiger partial charge >= 0.3 is 5.97 Å². The molecule has 7 nitrogen and oxygen atoms in total. The Balaban J connectivity index is 1.77. The molecule has 0 aliphatic carbocycles. The molecule has 2 aromatic rings. The van der Waals surface area contributed by atoms with Crippen molar-refractivity contribution in [1.29, 1.82) is 0 Å². The minimum atomic E-state index is -1.05. The fourth-order valence-corrected chi connectivity index (χ4v) is 3.35. The molecule has 1 aliphatic rings. The predicted octanol–water partition coefficient (Wildman–Crippen LogP) is 1.45. The van der Waals surface area contributed by atoms with Gasteiger partial charge in [0, 0.05) is 12.7 Å². The highest BCUT2D eigenvalue weighted by atomic mass is 32.1. The summed E-state index contributed by atoms with van der Waals surface area (Å²) < 4.78 is 5.32. The molecular formula is C14H15N3O4S. The van der Waals surface area contributed by atoms with Crippen molar-refractivity contribution in [2.45, 2.75) is 19.1 Å². The van der Waals surface area contributed by atoms with E-state index in [1.54, 1.807) is 19.2 Å². The van der Waals surface area contributed by atoms with E-state index in [4.69, 9.17) is 9.84 Å². The zero-order valence-electron chi connectivity index (χ0n) is 11.9. The first-order valence-corrected chi connectivity index (χ1v) is 7.63. The van der Waals surface area contributed by atoms with E-state index in [1.165, 1.54) is 16.2 Å². The Labute approximate surface area is 130 Å². The Kier molecular flexibility index (Phi) is 3.95. The molecule has 0 aromatic carbocycles. The predicted molar refractivity (Wildman–Crippen MR) is 79.8 cm³/mol. The first-order chi connectivity index (χ1) is 10.5. The van der Waals surface area contributed by atoms with E-state index in [1.807, 2.05) is 12.1 Å². The topological polar surface area (TPSA) is 95.5 Å². The molecule has 2 atom stereocenters. The molecule has 1 amide bonds. The van der Waals surface area contributed by atoms with Crippen molar-refractivity contribution in [3.05, 3.63) is 29.3 Å². The second-order valence-electron chi connectivity index (χ2n) is 5.12. The number of aliphatic carboxylic acids is 1. The number of carbonyl (C=O) groups excluding carboxylic acids is 1. The SMILES string of the molecule is C[C@@H]1CN(C(=O)c2ccc(-c3ccn[nH]3)s2)C[C@@H](C(=O)O)O1. The van der Waals surface area contributed by atoms with Crippen LogP contribution in [-0.4, -0.2) is 57.4 Å². The lowest BCUT2D eigenvalue weighted by Crippen LogP contribution is -2.51. The van der Waals surface area contributed by atoms with Gasteiger partial charge in [-0.25, -0.2) is 4.79 Å². The third kappa shape index (κ3) is 2.88. The number of nitrogens with one attached hydrogen (secondary N) is 1. The van der Waals surface area contributed by atoms with Crippen molar-refractivity contribution in [3.63, 3.8) is 0 Å². The second kappa shape index (κ2) is 5.90. The van der Waals surface area contributed by atoms with Gasteiger partial charge in [0.25, 0.3) is 5.91 Å². The summed E-state index contributed by atoms with van der Waals surface area (Å²) in [7, 11) is 0. The Morgan fingerprint density at radius 1 is 1.41 bits per heavy atom. The number of thiophene rings is 1. The number of H-pyrrole nitrogens is 1. The third-order valence-corrected chi connectivity index (χ3v) is 4.51. The fourth-order valence-electron chi connectivity index (χ4n) is 2.40. The molecule has 0 unspecified atom stereocenters. The Morgan fingerprint density at radius 2 is 2.23 bits per heavy atom.